The predicted molar refractivity (Wildman–Crippen MR) is 50.2 cm³/mol. The summed E-state index contributed by atoms with van der Waals surface area (Å²) in [6.45, 7) is 2.20. The average molecular weight is 176 g/mol. The summed E-state index contributed by atoms with van der Waals surface area (Å²) in [7, 11) is 2.20. The van der Waals surface area contributed by atoms with E-state index in [4.69, 9.17) is 11.6 Å². The summed E-state index contributed by atoms with van der Waals surface area (Å²) in [6, 6.07) is 1.35. The minimum absolute atomic E-state index is 0.541. The van der Waals surface area contributed by atoms with E-state index in [1.807, 2.05) is 0 Å². The average Bonchev–Trinajstić information content (AvgIpc) is 2.53. The lowest BCUT2D eigenvalue weighted by Gasteiger charge is -2.29. The minimum atomic E-state index is 0.541. The van der Waals surface area contributed by atoms with Gasteiger partial charge in [-0.05, 0) is 26.8 Å². The SMILES string of the molecule is CC(CCl)N(C)C1CCCC1. The van der Waals surface area contributed by atoms with Crippen molar-refractivity contribution in [2.75, 3.05) is 12.9 Å². The zero-order chi connectivity index (χ0) is 8.27. The highest BCUT2D eigenvalue weighted by Crippen LogP contribution is 2.23. The number of rotatable bonds is 3. The van der Waals surface area contributed by atoms with E-state index in [1.165, 1.54) is 25.7 Å². The Bertz CT molecular complexity index is 110. The molecule has 1 aliphatic rings. The van der Waals surface area contributed by atoms with E-state index in [-0.39, 0.29) is 0 Å². The molecule has 11 heavy (non-hydrogen) atoms. The third-order valence-corrected chi connectivity index (χ3v) is 3.27. The van der Waals surface area contributed by atoms with Crippen LogP contribution in [0.15, 0.2) is 0 Å². The van der Waals surface area contributed by atoms with Crippen LogP contribution in [-0.4, -0.2) is 29.9 Å². The fraction of sp³-hybridized carbons (Fsp3) is 1.00. The topological polar surface area (TPSA) is 3.24 Å². The van der Waals surface area contributed by atoms with Crippen molar-refractivity contribution in [3.63, 3.8) is 0 Å². The fourth-order valence-corrected chi connectivity index (χ4v) is 2.00. The van der Waals surface area contributed by atoms with Gasteiger partial charge >= 0.3 is 0 Å². The molecule has 1 atom stereocenters. The molecular formula is C9H18ClN. The number of alkyl halides is 1. The standard InChI is InChI=1S/C9H18ClN/c1-8(7-10)11(2)9-5-3-4-6-9/h8-9H,3-7H2,1-2H3. The summed E-state index contributed by atoms with van der Waals surface area (Å²) in [5.74, 6) is 0.757. The van der Waals surface area contributed by atoms with Gasteiger partial charge in [-0.15, -0.1) is 11.6 Å². The van der Waals surface area contributed by atoms with Gasteiger partial charge in [-0.2, -0.15) is 0 Å². The van der Waals surface area contributed by atoms with Crippen LogP contribution >= 0.6 is 11.6 Å². The highest BCUT2D eigenvalue weighted by molar-refractivity contribution is 6.18. The summed E-state index contributed by atoms with van der Waals surface area (Å²) in [5, 5.41) is 0. The van der Waals surface area contributed by atoms with Crippen LogP contribution in [0.25, 0.3) is 0 Å². The van der Waals surface area contributed by atoms with Crippen LogP contribution in [0, 0.1) is 0 Å². The predicted octanol–water partition coefficient (Wildman–Crippen LogP) is 2.49. The molecule has 0 bridgehead atoms. The van der Waals surface area contributed by atoms with Crippen LogP contribution < -0.4 is 0 Å². The lowest BCUT2D eigenvalue weighted by molar-refractivity contribution is 0.200. The van der Waals surface area contributed by atoms with Gasteiger partial charge in [-0.3, -0.25) is 4.90 Å². The van der Waals surface area contributed by atoms with Crippen molar-refractivity contribution in [3.05, 3.63) is 0 Å². The van der Waals surface area contributed by atoms with Crippen molar-refractivity contribution in [1.82, 2.24) is 4.90 Å². The second kappa shape index (κ2) is 4.32. The first-order valence-corrected chi connectivity index (χ1v) is 5.07. The molecule has 0 aliphatic heterocycles. The third kappa shape index (κ3) is 2.34. The highest BCUT2D eigenvalue weighted by Gasteiger charge is 2.22. The number of hydrogen-bond donors (Lipinski definition) is 0. The first kappa shape index (κ1) is 9.34. The molecule has 2 heteroatoms. The van der Waals surface area contributed by atoms with E-state index in [2.05, 4.69) is 18.9 Å². The van der Waals surface area contributed by atoms with Gasteiger partial charge in [0.1, 0.15) is 0 Å². The van der Waals surface area contributed by atoms with Crippen LogP contribution in [0.2, 0.25) is 0 Å². The molecule has 0 N–H and O–H groups in total. The molecule has 0 amide bonds. The molecule has 0 saturated heterocycles. The van der Waals surface area contributed by atoms with Crippen LogP contribution in [0.4, 0.5) is 0 Å². The molecule has 1 saturated carbocycles. The van der Waals surface area contributed by atoms with Gasteiger partial charge in [-0.1, -0.05) is 12.8 Å². The molecule has 0 radical (unpaired) electrons. The molecule has 1 aliphatic carbocycles. The number of halogens is 1. The maximum atomic E-state index is 5.78. The van der Waals surface area contributed by atoms with Crippen molar-refractivity contribution >= 4 is 11.6 Å². The summed E-state index contributed by atoms with van der Waals surface area (Å²) < 4.78 is 0. The molecule has 0 aromatic rings. The smallest absolute Gasteiger partial charge is 0.0376 e. The Labute approximate surface area is 74.7 Å². The Hall–Kier alpha value is 0.250. The molecule has 0 aromatic heterocycles. The van der Waals surface area contributed by atoms with Crippen molar-refractivity contribution < 1.29 is 0 Å². The largest absolute Gasteiger partial charge is 0.300 e. The van der Waals surface area contributed by atoms with E-state index in [1.54, 1.807) is 0 Å². The first-order chi connectivity index (χ1) is 5.25. The summed E-state index contributed by atoms with van der Waals surface area (Å²) in [4.78, 5) is 2.43. The maximum Gasteiger partial charge on any atom is 0.0376 e. The van der Waals surface area contributed by atoms with Crippen molar-refractivity contribution in [2.24, 2.45) is 0 Å². The molecule has 66 valence electrons. The summed E-state index contributed by atoms with van der Waals surface area (Å²) in [5.41, 5.74) is 0. The van der Waals surface area contributed by atoms with E-state index in [9.17, 15) is 0 Å². The quantitative estimate of drug-likeness (QED) is 0.596. The molecule has 0 heterocycles. The van der Waals surface area contributed by atoms with Crippen molar-refractivity contribution in [1.29, 1.82) is 0 Å². The maximum absolute atomic E-state index is 5.78. The van der Waals surface area contributed by atoms with E-state index in [0.29, 0.717) is 6.04 Å². The van der Waals surface area contributed by atoms with E-state index >= 15 is 0 Å². The van der Waals surface area contributed by atoms with Gasteiger partial charge in [0.25, 0.3) is 0 Å². The molecule has 0 spiro atoms. The number of hydrogen-bond acceptors (Lipinski definition) is 1. The molecule has 1 unspecified atom stereocenters. The second-order valence-electron chi connectivity index (χ2n) is 3.61. The highest BCUT2D eigenvalue weighted by atomic mass is 35.5. The minimum Gasteiger partial charge on any atom is -0.300 e. The lowest BCUT2D eigenvalue weighted by atomic mass is 10.2. The van der Waals surface area contributed by atoms with Gasteiger partial charge in [0, 0.05) is 18.0 Å². The van der Waals surface area contributed by atoms with Crippen LogP contribution in [-0.2, 0) is 0 Å². The van der Waals surface area contributed by atoms with Gasteiger partial charge in [0.05, 0.1) is 0 Å². The molecular weight excluding hydrogens is 158 g/mol. The van der Waals surface area contributed by atoms with Crippen molar-refractivity contribution in [2.45, 2.75) is 44.7 Å². The number of nitrogens with zero attached hydrogens (tertiary/aromatic N) is 1. The van der Waals surface area contributed by atoms with Gasteiger partial charge < -0.3 is 0 Å². The monoisotopic (exact) mass is 175 g/mol. The zero-order valence-electron chi connectivity index (χ0n) is 7.52. The molecule has 1 fully saturated rings. The van der Waals surface area contributed by atoms with Crippen LogP contribution in [0.5, 0.6) is 0 Å². The van der Waals surface area contributed by atoms with Crippen molar-refractivity contribution in [3.8, 4) is 0 Å². The normalized spacial score (nSPS) is 22.9. The third-order valence-electron chi connectivity index (χ3n) is 2.82. The molecule has 0 aromatic carbocycles. The summed E-state index contributed by atoms with van der Waals surface area (Å²) >= 11 is 5.78. The second-order valence-corrected chi connectivity index (χ2v) is 3.92. The van der Waals surface area contributed by atoms with Crippen LogP contribution in [0.3, 0.4) is 0 Å². The fourth-order valence-electron chi connectivity index (χ4n) is 1.78. The van der Waals surface area contributed by atoms with Crippen LogP contribution in [0.1, 0.15) is 32.6 Å². The molecule has 1 rings (SSSR count). The lowest BCUT2D eigenvalue weighted by Crippen LogP contribution is -2.37. The van der Waals surface area contributed by atoms with Gasteiger partial charge in [0.15, 0.2) is 0 Å². The van der Waals surface area contributed by atoms with E-state index in [0.717, 1.165) is 11.9 Å². The Morgan fingerprint density at radius 3 is 2.45 bits per heavy atom. The Balaban J connectivity index is 2.32. The molecule has 1 nitrogen and oxygen atoms in total. The van der Waals surface area contributed by atoms with E-state index < -0.39 is 0 Å². The summed E-state index contributed by atoms with van der Waals surface area (Å²) in [6.07, 6.45) is 5.56. The van der Waals surface area contributed by atoms with Gasteiger partial charge in [0.2, 0.25) is 0 Å². The Morgan fingerprint density at radius 1 is 1.45 bits per heavy atom. The Kier molecular flexibility index (Phi) is 3.67. The first-order valence-electron chi connectivity index (χ1n) is 4.53. The Morgan fingerprint density at radius 2 is 2.00 bits per heavy atom. The zero-order valence-corrected chi connectivity index (χ0v) is 8.27. The van der Waals surface area contributed by atoms with Gasteiger partial charge in [-0.25, -0.2) is 0 Å².